The molecule has 0 heterocycles. The summed E-state index contributed by atoms with van der Waals surface area (Å²) in [5.74, 6) is -0.0860. The van der Waals surface area contributed by atoms with Crippen molar-refractivity contribution in [1.82, 2.24) is 4.72 Å². The molecular formula is C12H18BrFN2O2S. The first kappa shape index (κ1) is 16.4. The lowest BCUT2D eigenvalue weighted by Crippen LogP contribution is -2.30. The molecule has 0 fully saturated rings. The highest BCUT2D eigenvalue weighted by atomic mass is 79.9. The van der Waals surface area contributed by atoms with Crippen molar-refractivity contribution in [2.75, 3.05) is 12.3 Å². The van der Waals surface area contributed by atoms with Crippen LogP contribution in [0.5, 0.6) is 0 Å². The molecule has 4 nitrogen and oxygen atoms in total. The number of hydrogen-bond acceptors (Lipinski definition) is 3. The molecule has 1 rings (SSSR count). The number of nitrogens with one attached hydrogen (secondary N) is 1. The van der Waals surface area contributed by atoms with Gasteiger partial charge in [-0.25, -0.2) is 17.5 Å². The van der Waals surface area contributed by atoms with Crippen molar-refractivity contribution in [1.29, 1.82) is 0 Å². The second-order valence-corrected chi connectivity index (χ2v) is 7.47. The minimum Gasteiger partial charge on any atom is -0.396 e. The highest BCUT2D eigenvalue weighted by Crippen LogP contribution is 2.26. The Morgan fingerprint density at radius 2 is 1.95 bits per heavy atom. The van der Waals surface area contributed by atoms with Crippen molar-refractivity contribution < 1.29 is 12.8 Å². The second kappa shape index (κ2) is 6.19. The number of sulfonamides is 1. The molecular weight excluding hydrogens is 335 g/mol. The lowest BCUT2D eigenvalue weighted by atomic mass is 9.99. The fourth-order valence-electron chi connectivity index (χ4n) is 1.31. The Hall–Kier alpha value is -0.660. The van der Waals surface area contributed by atoms with Crippen LogP contribution in [0.1, 0.15) is 20.8 Å². The quantitative estimate of drug-likeness (QED) is 0.800. The molecule has 1 unspecified atom stereocenters. The summed E-state index contributed by atoms with van der Waals surface area (Å²) in [7, 11) is -3.70. The van der Waals surface area contributed by atoms with E-state index < -0.39 is 15.8 Å². The van der Waals surface area contributed by atoms with Gasteiger partial charge in [-0.1, -0.05) is 20.8 Å². The molecule has 1 aromatic rings. The Balaban J connectivity index is 2.98. The third-order valence-corrected chi connectivity index (χ3v) is 5.46. The van der Waals surface area contributed by atoms with Crippen LogP contribution in [0.25, 0.3) is 0 Å². The van der Waals surface area contributed by atoms with E-state index in [1.807, 2.05) is 20.8 Å². The van der Waals surface area contributed by atoms with Crippen LogP contribution in [-0.2, 0) is 10.0 Å². The number of rotatable bonds is 5. The smallest absolute Gasteiger partial charge is 0.241 e. The largest absolute Gasteiger partial charge is 0.396 e. The molecule has 3 N–H and O–H groups in total. The van der Waals surface area contributed by atoms with E-state index in [2.05, 4.69) is 20.7 Å². The molecule has 19 heavy (non-hydrogen) atoms. The van der Waals surface area contributed by atoms with Crippen molar-refractivity contribution >= 4 is 31.6 Å². The van der Waals surface area contributed by atoms with Crippen molar-refractivity contribution in [3.63, 3.8) is 0 Å². The number of hydrogen-bond donors (Lipinski definition) is 2. The molecule has 0 radical (unpaired) electrons. The minimum atomic E-state index is -3.70. The molecule has 7 heteroatoms. The van der Waals surface area contributed by atoms with Crippen LogP contribution in [0.2, 0.25) is 0 Å². The SMILES string of the molecule is CC(C)C(C)CNS(=O)(=O)c1cc(N)c(F)cc1Br. The maximum Gasteiger partial charge on any atom is 0.241 e. The zero-order valence-corrected chi connectivity index (χ0v) is 13.5. The molecule has 0 aliphatic rings. The Morgan fingerprint density at radius 3 is 2.47 bits per heavy atom. The van der Waals surface area contributed by atoms with Gasteiger partial charge in [0, 0.05) is 11.0 Å². The van der Waals surface area contributed by atoms with Crippen molar-refractivity contribution in [3.8, 4) is 0 Å². The van der Waals surface area contributed by atoms with E-state index in [4.69, 9.17) is 5.73 Å². The molecule has 0 aliphatic carbocycles. The first-order valence-electron chi connectivity index (χ1n) is 5.89. The summed E-state index contributed by atoms with van der Waals surface area (Å²) >= 11 is 3.04. The van der Waals surface area contributed by atoms with Gasteiger partial charge in [0.15, 0.2) is 0 Å². The van der Waals surface area contributed by atoms with Gasteiger partial charge < -0.3 is 5.73 Å². The van der Waals surface area contributed by atoms with E-state index in [0.717, 1.165) is 12.1 Å². The summed E-state index contributed by atoms with van der Waals surface area (Å²) < 4.78 is 40.1. The van der Waals surface area contributed by atoms with Crippen LogP contribution in [0.15, 0.2) is 21.5 Å². The van der Waals surface area contributed by atoms with Gasteiger partial charge in [0.05, 0.1) is 10.6 Å². The predicted molar refractivity (Wildman–Crippen MR) is 77.7 cm³/mol. The van der Waals surface area contributed by atoms with Crippen molar-refractivity contribution in [3.05, 3.63) is 22.4 Å². The van der Waals surface area contributed by atoms with Crippen molar-refractivity contribution in [2.45, 2.75) is 25.7 Å². The van der Waals surface area contributed by atoms with Gasteiger partial charge in [0.2, 0.25) is 10.0 Å². The molecule has 1 aromatic carbocycles. The number of nitrogens with two attached hydrogens (primary N) is 1. The van der Waals surface area contributed by atoms with Crippen LogP contribution in [0.3, 0.4) is 0 Å². The van der Waals surface area contributed by atoms with Crippen LogP contribution in [0, 0.1) is 17.7 Å². The molecule has 0 aromatic heterocycles. The van der Waals surface area contributed by atoms with Crippen molar-refractivity contribution in [2.24, 2.45) is 11.8 Å². The lowest BCUT2D eigenvalue weighted by molar-refractivity contribution is 0.414. The molecule has 1 atom stereocenters. The predicted octanol–water partition coefficient (Wildman–Crippen LogP) is 2.74. The van der Waals surface area contributed by atoms with Gasteiger partial charge in [0.25, 0.3) is 0 Å². The Kier molecular flexibility index (Phi) is 5.34. The third kappa shape index (κ3) is 4.15. The second-order valence-electron chi connectivity index (χ2n) is 4.88. The van der Waals surface area contributed by atoms with E-state index in [1.54, 1.807) is 0 Å². The van der Waals surface area contributed by atoms with E-state index >= 15 is 0 Å². The number of nitrogen functional groups attached to an aromatic ring is 1. The molecule has 0 spiro atoms. The normalized spacial score (nSPS) is 13.8. The van der Waals surface area contributed by atoms with Crippen LogP contribution in [-0.4, -0.2) is 15.0 Å². The van der Waals surface area contributed by atoms with Gasteiger partial charge in [0.1, 0.15) is 5.82 Å². The standard InChI is InChI=1S/C12H18BrFN2O2S/c1-7(2)8(3)6-16-19(17,18)12-5-11(15)10(14)4-9(12)13/h4-5,7-8,16H,6,15H2,1-3H3. The maximum atomic E-state index is 13.2. The summed E-state index contributed by atoms with van der Waals surface area (Å²) in [5, 5.41) is 0. The fourth-order valence-corrected chi connectivity index (χ4v) is 3.50. The Labute approximate surface area is 121 Å². The van der Waals surface area contributed by atoms with Crippen LogP contribution >= 0.6 is 15.9 Å². The third-order valence-electron chi connectivity index (χ3n) is 3.07. The topological polar surface area (TPSA) is 72.2 Å². The van der Waals surface area contributed by atoms with E-state index in [9.17, 15) is 12.8 Å². The maximum absolute atomic E-state index is 13.2. The Morgan fingerprint density at radius 1 is 1.37 bits per heavy atom. The van der Waals surface area contributed by atoms with Gasteiger partial charge in [-0.3, -0.25) is 0 Å². The first-order chi connectivity index (χ1) is 8.65. The number of halogens is 2. The summed E-state index contributed by atoms with van der Waals surface area (Å²) in [4.78, 5) is -0.0534. The number of anilines is 1. The molecule has 0 saturated heterocycles. The van der Waals surface area contributed by atoms with E-state index in [0.29, 0.717) is 12.5 Å². The fraction of sp³-hybridized carbons (Fsp3) is 0.500. The van der Waals surface area contributed by atoms with Crippen LogP contribution in [0.4, 0.5) is 10.1 Å². The number of benzene rings is 1. The first-order valence-corrected chi connectivity index (χ1v) is 8.17. The summed E-state index contributed by atoms with van der Waals surface area (Å²) in [6.07, 6.45) is 0. The lowest BCUT2D eigenvalue weighted by Gasteiger charge is -2.17. The minimum absolute atomic E-state index is 0.0534. The molecule has 0 saturated carbocycles. The highest BCUT2D eigenvalue weighted by molar-refractivity contribution is 9.10. The average molecular weight is 353 g/mol. The zero-order chi connectivity index (χ0) is 14.8. The van der Waals surface area contributed by atoms with Crippen LogP contribution < -0.4 is 10.5 Å². The Bertz CT molecular complexity index is 561. The summed E-state index contributed by atoms with van der Waals surface area (Å²) in [6, 6.07) is 2.16. The zero-order valence-electron chi connectivity index (χ0n) is 11.1. The summed E-state index contributed by atoms with van der Waals surface area (Å²) in [5.41, 5.74) is 5.21. The summed E-state index contributed by atoms with van der Waals surface area (Å²) in [6.45, 7) is 6.32. The highest BCUT2D eigenvalue weighted by Gasteiger charge is 2.21. The molecule has 0 bridgehead atoms. The van der Waals surface area contributed by atoms with Gasteiger partial charge >= 0.3 is 0 Å². The van der Waals surface area contributed by atoms with E-state index in [-0.39, 0.29) is 21.0 Å². The monoisotopic (exact) mass is 352 g/mol. The van der Waals surface area contributed by atoms with Gasteiger partial charge in [-0.05, 0) is 39.9 Å². The molecule has 108 valence electrons. The van der Waals surface area contributed by atoms with E-state index in [1.165, 1.54) is 0 Å². The van der Waals surface area contributed by atoms with Gasteiger partial charge in [-0.15, -0.1) is 0 Å². The molecule has 0 amide bonds. The average Bonchev–Trinajstić information content (AvgIpc) is 2.30. The van der Waals surface area contributed by atoms with Gasteiger partial charge in [-0.2, -0.15) is 0 Å². The molecule has 0 aliphatic heterocycles.